The molecule has 0 aromatic heterocycles. The predicted molar refractivity (Wildman–Crippen MR) is 170 cm³/mol. The number of hydrogen-bond donors (Lipinski definition) is 1. The molecule has 0 radical (unpaired) electrons. The van der Waals surface area contributed by atoms with Gasteiger partial charge >= 0.3 is 17.9 Å². The van der Waals surface area contributed by atoms with E-state index in [4.69, 9.17) is 33.5 Å². The highest BCUT2D eigenvalue weighted by Crippen LogP contribution is 2.33. The summed E-state index contributed by atoms with van der Waals surface area (Å²) in [6, 6.07) is 15.9. The van der Waals surface area contributed by atoms with Crippen molar-refractivity contribution in [3.05, 3.63) is 84.0 Å². The quantitative estimate of drug-likeness (QED) is 0.101. The number of benzene rings is 2. The van der Waals surface area contributed by atoms with Crippen LogP contribution in [0.2, 0.25) is 0 Å². The zero-order valence-electron chi connectivity index (χ0n) is 26.8. The number of carboxylic acid groups (broad SMARTS) is 1. The summed E-state index contributed by atoms with van der Waals surface area (Å²) in [7, 11) is 0. The molecule has 1 unspecified atom stereocenters. The Morgan fingerprint density at radius 2 is 1.18 bits per heavy atom. The number of aliphatic carboxylic acids is 1. The summed E-state index contributed by atoms with van der Waals surface area (Å²) >= 11 is 0. The molecule has 1 N–H and O–H groups in total. The Balaban J connectivity index is 1.65. The van der Waals surface area contributed by atoms with Gasteiger partial charge in [-0.05, 0) is 55.2 Å². The highest BCUT2D eigenvalue weighted by atomic mass is 16.6. The second kappa shape index (κ2) is 19.3. The van der Waals surface area contributed by atoms with E-state index < -0.39 is 17.9 Å². The van der Waals surface area contributed by atoms with E-state index in [1.165, 1.54) is 0 Å². The zero-order chi connectivity index (χ0) is 33.2. The Morgan fingerprint density at radius 3 is 1.62 bits per heavy atom. The van der Waals surface area contributed by atoms with Crippen LogP contribution in [-0.4, -0.2) is 75.9 Å². The summed E-state index contributed by atoms with van der Waals surface area (Å²) < 4.78 is 32.6. The third-order valence-corrected chi connectivity index (χ3v) is 7.01. The van der Waals surface area contributed by atoms with Gasteiger partial charge in [-0.15, -0.1) is 0 Å². The molecule has 10 nitrogen and oxygen atoms in total. The summed E-state index contributed by atoms with van der Waals surface area (Å²) in [6.07, 6.45) is 0.603. The molecule has 0 aliphatic rings. The number of hydrogen-bond acceptors (Lipinski definition) is 9. The first-order valence-electron chi connectivity index (χ1n) is 14.9. The Labute approximate surface area is 265 Å². The molecule has 45 heavy (non-hydrogen) atoms. The van der Waals surface area contributed by atoms with Crippen LogP contribution in [0.25, 0.3) is 0 Å². The van der Waals surface area contributed by atoms with Crippen molar-refractivity contribution in [1.29, 1.82) is 0 Å². The normalized spacial score (nSPS) is 11.7. The van der Waals surface area contributed by atoms with Gasteiger partial charge in [0, 0.05) is 16.6 Å². The van der Waals surface area contributed by atoms with Crippen LogP contribution >= 0.6 is 0 Å². The SMILES string of the molecule is C=C(C)C(=O)OCCOCCOc1ccc(C(C)(C)c2ccc(OCCOCCOC(=O)C(C)CCC(=C)C(=O)O)cc2)cc1. The van der Waals surface area contributed by atoms with Crippen molar-refractivity contribution < 1.29 is 47.9 Å². The van der Waals surface area contributed by atoms with Gasteiger partial charge in [0.25, 0.3) is 0 Å². The van der Waals surface area contributed by atoms with Crippen molar-refractivity contribution in [2.75, 3.05) is 52.9 Å². The van der Waals surface area contributed by atoms with Gasteiger partial charge in [0.2, 0.25) is 0 Å². The molecule has 0 aliphatic carbocycles. The fourth-order valence-corrected chi connectivity index (χ4v) is 4.02. The fraction of sp³-hybridized carbons (Fsp3) is 0.457. The average Bonchev–Trinajstić information content (AvgIpc) is 3.02. The van der Waals surface area contributed by atoms with Crippen LogP contribution in [0, 0.1) is 5.92 Å². The molecule has 0 aliphatic heterocycles. The molecule has 0 fully saturated rings. The monoisotopic (exact) mass is 626 g/mol. The lowest BCUT2D eigenvalue weighted by Crippen LogP contribution is -2.19. The molecule has 246 valence electrons. The van der Waals surface area contributed by atoms with E-state index >= 15 is 0 Å². The summed E-state index contributed by atoms with van der Waals surface area (Å²) in [5.41, 5.74) is 2.45. The van der Waals surface area contributed by atoms with Crippen LogP contribution in [0.15, 0.2) is 72.8 Å². The first kappa shape index (κ1) is 37.0. The average molecular weight is 627 g/mol. The minimum Gasteiger partial charge on any atom is -0.491 e. The third kappa shape index (κ3) is 13.6. The maximum atomic E-state index is 12.0. The number of carbonyl (C=O) groups is 3. The number of carbonyl (C=O) groups excluding carboxylic acids is 2. The van der Waals surface area contributed by atoms with E-state index in [9.17, 15) is 14.4 Å². The summed E-state index contributed by atoms with van der Waals surface area (Å²) in [6.45, 7) is 16.9. The van der Waals surface area contributed by atoms with E-state index in [2.05, 4.69) is 27.0 Å². The van der Waals surface area contributed by atoms with Gasteiger partial charge in [-0.3, -0.25) is 4.79 Å². The van der Waals surface area contributed by atoms with Crippen LogP contribution in [-0.2, 0) is 38.7 Å². The molecule has 2 aromatic rings. The molecule has 10 heteroatoms. The highest BCUT2D eigenvalue weighted by Gasteiger charge is 2.23. The molecule has 2 aromatic carbocycles. The zero-order valence-corrected chi connectivity index (χ0v) is 26.8. The molecular weight excluding hydrogens is 580 g/mol. The minimum absolute atomic E-state index is 0.0754. The maximum absolute atomic E-state index is 12.0. The van der Waals surface area contributed by atoms with Crippen LogP contribution in [0.3, 0.4) is 0 Å². The summed E-state index contributed by atoms with van der Waals surface area (Å²) in [5.74, 6) is -0.822. The largest absolute Gasteiger partial charge is 0.491 e. The smallest absolute Gasteiger partial charge is 0.333 e. The molecule has 0 spiro atoms. The molecule has 1 atom stereocenters. The van der Waals surface area contributed by atoms with Gasteiger partial charge in [0.1, 0.15) is 37.9 Å². The van der Waals surface area contributed by atoms with Crippen molar-refractivity contribution in [2.24, 2.45) is 5.92 Å². The van der Waals surface area contributed by atoms with Gasteiger partial charge in [-0.25, -0.2) is 9.59 Å². The van der Waals surface area contributed by atoms with Crippen LogP contribution in [0.5, 0.6) is 11.5 Å². The first-order chi connectivity index (χ1) is 21.4. The molecular formula is C35H46O10. The first-order valence-corrected chi connectivity index (χ1v) is 14.9. The number of rotatable bonds is 22. The Kier molecular flexibility index (Phi) is 15.9. The lowest BCUT2D eigenvalue weighted by Gasteiger charge is -2.26. The van der Waals surface area contributed by atoms with Crippen LogP contribution in [0.4, 0.5) is 0 Å². The second-order valence-corrected chi connectivity index (χ2v) is 11.0. The van der Waals surface area contributed by atoms with E-state index in [1.807, 2.05) is 48.5 Å². The van der Waals surface area contributed by atoms with E-state index in [1.54, 1.807) is 13.8 Å². The van der Waals surface area contributed by atoms with E-state index in [0.29, 0.717) is 45.0 Å². The fourth-order valence-electron chi connectivity index (χ4n) is 4.02. The predicted octanol–water partition coefficient (Wildman–Crippen LogP) is 5.52. The highest BCUT2D eigenvalue weighted by molar-refractivity contribution is 5.87. The van der Waals surface area contributed by atoms with Gasteiger partial charge in [0.15, 0.2) is 0 Å². The molecule has 0 amide bonds. The molecule has 0 bridgehead atoms. The lowest BCUT2D eigenvalue weighted by atomic mass is 9.78. The summed E-state index contributed by atoms with van der Waals surface area (Å²) in [5, 5.41) is 8.85. The van der Waals surface area contributed by atoms with Gasteiger partial charge < -0.3 is 33.5 Å². The van der Waals surface area contributed by atoms with Crippen molar-refractivity contribution in [3.8, 4) is 11.5 Å². The number of esters is 2. The van der Waals surface area contributed by atoms with Gasteiger partial charge in [-0.2, -0.15) is 0 Å². The van der Waals surface area contributed by atoms with Gasteiger partial charge in [0.05, 0.1) is 32.3 Å². The minimum atomic E-state index is -1.06. The van der Waals surface area contributed by atoms with E-state index in [-0.39, 0.29) is 43.2 Å². The topological polar surface area (TPSA) is 127 Å². The number of ether oxygens (including phenoxy) is 6. The maximum Gasteiger partial charge on any atom is 0.333 e. The summed E-state index contributed by atoms with van der Waals surface area (Å²) in [4.78, 5) is 34.1. The van der Waals surface area contributed by atoms with Crippen molar-refractivity contribution >= 4 is 17.9 Å². The van der Waals surface area contributed by atoms with Crippen molar-refractivity contribution in [3.63, 3.8) is 0 Å². The Bertz CT molecular complexity index is 1250. The molecule has 0 heterocycles. The van der Waals surface area contributed by atoms with E-state index in [0.717, 1.165) is 22.6 Å². The van der Waals surface area contributed by atoms with Crippen molar-refractivity contribution in [2.45, 2.75) is 46.0 Å². The van der Waals surface area contributed by atoms with Crippen LogP contribution in [0.1, 0.15) is 51.7 Å². The van der Waals surface area contributed by atoms with Crippen molar-refractivity contribution in [1.82, 2.24) is 0 Å². The lowest BCUT2D eigenvalue weighted by molar-refractivity contribution is -0.150. The standard InChI is InChI=1S/C35H46O10/c1-25(2)33(38)44-23-19-40-17-21-42-30-13-9-28(10-14-30)35(5,6)29-11-15-31(16-12-29)43-22-18-41-20-24-45-34(39)27(4)8-7-26(3)32(36)37/h9-16,27H,1,3,7-8,17-24H2,2,4-6H3,(H,36,37). The van der Waals surface area contributed by atoms with Crippen LogP contribution < -0.4 is 9.47 Å². The molecule has 0 saturated carbocycles. The molecule has 0 saturated heterocycles. The van der Waals surface area contributed by atoms with Gasteiger partial charge in [-0.1, -0.05) is 58.2 Å². The Morgan fingerprint density at radius 1 is 0.733 bits per heavy atom. The second-order valence-electron chi connectivity index (χ2n) is 11.0. The molecule has 2 rings (SSSR count). The third-order valence-electron chi connectivity index (χ3n) is 7.01. The Hall–Kier alpha value is -4.15. The number of carboxylic acids is 1.